The summed E-state index contributed by atoms with van der Waals surface area (Å²) in [5.74, 6) is 0. The fraction of sp³-hybridized carbons (Fsp3) is 0. The molecule has 1 aromatic heterocycles. The number of aromatic nitrogens is 1. The van der Waals surface area contributed by atoms with Crippen LogP contribution >= 0.6 is 0 Å². The van der Waals surface area contributed by atoms with Gasteiger partial charge in [-0.1, -0.05) is 194 Å². The van der Waals surface area contributed by atoms with Gasteiger partial charge in [-0.3, -0.25) is 0 Å². The lowest BCUT2D eigenvalue weighted by molar-refractivity contribution is 1.21. The van der Waals surface area contributed by atoms with E-state index in [1.165, 1.54) is 87.7 Å². The van der Waals surface area contributed by atoms with Crippen molar-refractivity contribution >= 4 is 71.2 Å². The number of para-hydroxylation sites is 1. The normalized spacial score (nSPS) is 11.5. The highest BCUT2D eigenvalue weighted by Crippen LogP contribution is 2.48. The van der Waals surface area contributed by atoms with E-state index in [0.29, 0.717) is 0 Å². The van der Waals surface area contributed by atoms with Crippen LogP contribution < -0.4 is 4.90 Å². The molecule has 12 rings (SSSR count). The van der Waals surface area contributed by atoms with Crippen molar-refractivity contribution in [3.63, 3.8) is 0 Å². The zero-order valence-electron chi connectivity index (χ0n) is 34.0. The summed E-state index contributed by atoms with van der Waals surface area (Å²) < 4.78 is 2.55. The first-order valence-corrected chi connectivity index (χ1v) is 21.3. The minimum atomic E-state index is 1.09. The molecule has 11 aromatic carbocycles. The summed E-state index contributed by atoms with van der Waals surface area (Å²) in [6, 6.07) is 88.6. The van der Waals surface area contributed by atoms with Gasteiger partial charge in [-0.25, -0.2) is 0 Å². The van der Waals surface area contributed by atoms with E-state index in [1.54, 1.807) is 0 Å². The van der Waals surface area contributed by atoms with Crippen LogP contribution in [0.5, 0.6) is 0 Å². The quantitative estimate of drug-likeness (QED) is 0.146. The molecule has 0 fully saturated rings. The molecule has 0 bridgehead atoms. The Morgan fingerprint density at radius 2 is 0.823 bits per heavy atom. The predicted molar refractivity (Wildman–Crippen MR) is 264 cm³/mol. The Labute approximate surface area is 360 Å². The Balaban J connectivity index is 1.20. The van der Waals surface area contributed by atoms with Gasteiger partial charge in [-0.15, -0.1) is 0 Å². The lowest BCUT2D eigenvalue weighted by Crippen LogP contribution is -2.11. The van der Waals surface area contributed by atoms with Crippen molar-refractivity contribution in [1.29, 1.82) is 0 Å². The fourth-order valence-electron chi connectivity index (χ4n) is 9.72. The summed E-state index contributed by atoms with van der Waals surface area (Å²) in [6.45, 7) is 0. The Kier molecular flexibility index (Phi) is 8.53. The lowest BCUT2D eigenvalue weighted by Gasteiger charge is -2.28. The van der Waals surface area contributed by atoms with E-state index in [-0.39, 0.29) is 0 Å². The second kappa shape index (κ2) is 14.8. The molecule has 0 aliphatic rings. The van der Waals surface area contributed by atoms with Crippen molar-refractivity contribution in [3.05, 3.63) is 243 Å². The Bertz CT molecular complexity index is 3610. The number of nitrogens with zero attached hydrogens (tertiary/aromatic N) is 2. The summed E-state index contributed by atoms with van der Waals surface area (Å²) in [7, 11) is 0. The summed E-state index contributed by atoms with van der Waals surface area (Å²) in [5, 5.41) is 9.82. The fourth-order valence-corrected chi connectivity index (χ4v) is 9.72. The highest BCUT2D eigenvalue weighted by atomic mass is 15.1. The molecule has 1 heterocycles. The number of hydrogen-bond acceptors (Lipinski definition) is 1. The molecule has 0 aliphatic carbocycles. The van der Waals surface area contributed by atoms with Crippen LogP contribution in [0.2, 0.25) is 0 Å². The lowest BCUT2D eigenvalue weighted by atomic mass is 9.95. The van der Waals surface area contributed by atoms with E-state index < -0.39 is 0 Å². The molecule has 2 nitrogen and oxygen atoms in total. The maximum Gasteiger partial charge on any atom is 0.0626 e. The zero-order valence-corrected chi connectivity index (χ0v) is 34.0. The first-order valence-electron chi connectivity index (χ1n) is 21.3. The molecule has 0 spiro atoms. The summed E-state index contributed by atoms with van der Waals surface area (Å²) >= 11 is 0. The smallest absolute Gasteiger partial charge is 0.0626 e. The zero-order chi connectivity index (χ0) is 41.0. The first kappa shape index (κ1) is 35.7. The number of fused-ring (bicyclic) bond motifs is 8. The van der Waals surface area contributed by atoms with Crippen LogP contribution in [0.15, 0.2) is 243 Å². The number of hydrogen-bond donors (Lipinski definition) is 0. The van der Waals surface area contributed by atoms with Crippen LogP contribution in [-0.2, 0) is 0 Å². The van der Waals surface area contributed by atoms with E-state index in [1.807, 2.05) is 0 Å². The van der Waals surface area contributed by atoms with Crippen molar-refractivity contribution in [3.8, 4) is 39.1 Å². The molecule has 0 saturated heterocycles. The van der Waals surface area contributed by atoms with E-state index in [9.17, 15) is 0 Å². The number of anilines is 3. The predicted octanol–water partition coefficient (Wildman–Crippen LogP) is 16.7. The third-order valence-corrected chi connectivity index (χ3v) is 12.5. The average molecular weight is 789 g/mol. The second-order valence-electron chi connectivity index (χ2n) is 16.1. The van der Waals surface area contributed by atoms with Gasteiger partial charge in [-0.05, 0) is 97.9 Å². The molecule has 62 heavy (non-hydrogen) atoms. The van der Waals surface area contributed by atoms with Gasteiger partial charge in [-0.2, -0.15) is 0 Å². The number of benzene rings is 11. The van der Waals surface area contributed by atoms with Crippen LogP contribution in [0.25, 0.3) is 93.2 Å². The Morgan fingerprint density at radius 3 is 1.53 bits per heavy atom. The molecule has 0 N–H and O–H groups in total. The van der Waals surface area contributed by atoms with E-state index in [0.717, 1.165) is 22.6 Å². The van der Waals surface area contributed by atoms with E-state index in [4.69, 9.17) is 0 Å². The molecule has 0 aliphatic heterocycles. The molecule has 12 aromatic rings. The summed E-state index contributed by atoms with van der Waals surface area (Å²) in [4.78, 5) is 2.44. The van der Waals surface area contributed by atoms with Gasteiger partial charge in [0, 0.05) is 38.5 Å². The van der Waals surface area contributed by atoms with Gasteiger partial charge >= 0.3 is 0 Å². The minimum absolute atomic E-state index is 1.09. The van der Waals surface area contributed by atoms with Gasteiger partial charge in [0.2, 0.25) is 0 Å². The van der Waals surface area contributed by atoms with Crippen molar-refractivity contribution < 1.29 is 0 Å². The summed E-state index contributed by atoms with van der Waals surface area (Å²) in [6.07, 6.45) is 0. The van der Waals surface area contributed by atoms with Gasteiger partial charge in [0.15, 0.2) is 0 Å². The van der Waals surface area contributed by atoms with Crippen LogP contribution in [0.1, 0.15) is 0 Å². The van der Waals surface area contributed by atoms with Gasteiger partial charge in [0.05, 0.1) is 22.4 Å². The van der Waals surface area contributed by atoms with Crippen LogP contribution in [0, 0.1) is 0 Å². The van der Waals surface area contributed by atoms with Crippen LogP contribution in [0.3, 0.4) is 0 Å². The summed E-state index contributed by atoms with van der Waals surface area (Å²) in [5.41, 5.74) is 14.0. The van der Waals surface area contributed by atoms with Crippen LogP contribution in [0.4, 0.5) is 17.1 Å². The minimum Gasteiger partial charge on any atom is -0.310 e. The first-order chi connectivity index (χ1) is 30.8. The SMILES string of the molecule is c1ccc(-c2ccc(N(c3ccc4c(c3)c3c(-c5ccccc5)cc5ccccc5c3n4-c3cc4ccccc4c4ccccc34)c3ccccc3-c3ccccc3)cc2)cc1. The molecule has 0 atom stereocenters. The standard InChI is InChI=1S/C60H40N2/c1-4-18-41(19-5-1)42-32-34-47(35-33-42)61(56-31-17-16-27-50(56)43-20-6-2-7-21-43)48-36-37-57-55(40-48)59-54(44-22-8-3-9-23-44)38-45-24-11-13-28-51(45)60(59)62(57)58-39-46-25-10-12-26-49(46)52-29-14-15-30-53(52)58/h1-40H. The molecular formula is C60H40N2. The highest BCUT2D eigenvalue weighted by molar-refractivity contribution is 6.25. The molecule has 0 unspecified atom stereocenters. The Morgan fingerprint density at radius 1 is 0.306 bits per heavy atom. The second-order valence-corrected chi connectivity index (χ2v) is 16.1. The monoisotopic (exact) mass is 788 g/mol. The van der Waals surface area contributed by atoms with Gasteiger partial charge in [0.25, 0.3) is 0 Å². The van der Waals surface area contributed by atoms with Crippen molar-refractivity contribution in [2.75, 3.05) is 4.90 Å². The van der Waals surface area contributed by atoms with Crippen LogP contribution in [-0.4, -0.2) is 4.57 Å². The topological polar surface area (TPSA) is 8.17 Å². The van der Waals surface area contributed by atoms with Gasteiger partial charge < -0.3 is 9.47 Å². The largest absolute Gasteiger partial charge is 0.310 e. The third-order valence-electron chi connectivity index (χ3n) is 12.5. The van der Waals surface area contributed by atoms with E-state index in [2.05, 4.69) is 252 Å². The Hall–Kier alpha value is -8.20. The van der Waals surface area contributed by atoms with Gasteiger partial charge in [0.1, 0.15) is 0 Å². The molecule has 290 valence electrons. The maximum absolute atomic E-state index is 2.55. The van der Waals surface area contributed by atoms with E-state index >= 15 is 0 Å². The molecule has 0 radical (unpaired) electrons. The van der Waals surface area contributed by atoms with Crippen molar-refractivity contribution in [1.82, 2.24) is 4.57 Å². The highest BCUT2D eigenvalue weighted by Gasteiger charge is 2.24. The third kappa shape index (κ3) is 5.88. The maximum atomic E-state index is 2.55. The van der Waals surface area contributed by atoms with Crippen molar-refractivity contribution in [2.24, 2.45) is 0 Å². The molecular weight excluding hydrogens is 749 g/mol. The molecule has 0 saturated carbocycles. The van der Waals surface area contributed by atoms with Crippen molar-refractivity contribution in [2.45, 2.75) is 0 Å². The molecule has 0 amide bonds. The number of rotatable bonds is 7. The molecule has 2 heteroatoms. The average Bonchev–Trinajstić information content (AvgIpc) is 3.69.